The highest BCUT2D eigenvalue weighted by Crippen LogP contribution is 2.22. The molecule has 3 nitrogen and oxygen atoms in total. The van der Waals surface area contributed by atoms with Gasteiger partial charge in [-0.25, -0.2) is 4.52 Å². The maximum absolute atomic E-state index is 9.31. The lowest BCUT2D eigenvalue weighted by Crippen LogP contribution is -1.87. The number of aromatic nitrogens is 2. The van der Waals surface area contributed by atoms with E-state index < -0.39 is 0 Å². The lowest BCUT2D eigenvalue weighted by molar-refractivity contribution is 0.475. The second-order valence-electron chi connectivity index (χ2n) is 3.47. The Morgan fingerprint density at radius 2 is 2.23 bits per heavy atom. The van der Waals surface area contributed by atoms with Crippen LogP contribution in [0.2, 0.25) is 0 Å². The minimum Gasteiger partial charge on any atom is -0.508 e. The Bertz CT molecular complexity index is 431. The zero-order chi connectivity index (χ0) is 9.42. The van der Waals surface area contributed by atoms with Crippen molar-refractivity contribution in [2.75, 3.05) is 0 Å². The standard InChI is InChI=1S/C10H12N2O/c1-7(2)9-6-11-12-4-3-8(13)5-10(9)12/h3-7,13H,1-2H3. The van der Waals surface area contributed by atoms with Crippen LogP contribution in [0, 0.1) is 0 Å². The van der Waals surface area contributed by atoms with Crippen LogP contribution < -0.4 is 0 Å². The molecule has 68 valence electrons. The van der Waals surface area contributed by atoms with Crippen LogP contribution in [0.1, 0.15) is 25.3 Å². The molecular formula is C10H12N2O. The summed E-state index contributed by atoms with van der Waals surface area (Å²) in [5, 5.41) is 13.5. The maximum Gasteiger partial charge on any atom is 0.119 e. The van der Waals surface area contributed by atoms with Gasteiger partial charge in [0.1, 0.15) is 5.75 Å². The summed E-state index contributed by atoms with van der Waals surface area (Å²) in [6.45, 7) is 4.22. The van der Waals surface area contributed by atoms with Crippen molar-refractivity contribution in [2.45, 2.75) is 19.8 Å². The molecule has 0 saturated carbocycles. The highest BCUT2D eigenvalue weighted by Gasteiger charge is 2.07. The third kappa shape index (κ3) is 1.26. The van der Waals surface area contributed by atoms with Crippen molar-refractivity contribution in [3.8, 4) is 5.75 Å². The van der Waals surface area contributed by atoms with Crippen LogP contribution in [-0.2, 0) is 0 Å². The van der Waals surface area contributed by atoms with Crippen molar-refractivity contribution >= 4 is 5.52 Å². The van der Waals surface area contributed by atoms with Crippen molar-refractivity contribution in [3.05, 3.63) is 30.1 Å². The minimum absolute atomic E-state index is 0.287. The Morgan fingerprint density at radius 1 is 1.46 bits per heavy atom. The molecule has 2 heterocycles. The molecule has 0 aliphatic carbocycles. The van der Waals surface area contributed by atoms with E-state index in [1.807, 2.05) is 6.20 Å². The number of hydrogen-bond acceptors (Lipinski definition) is 2. The molecule has 0 aromatic carbocycles. The van der Waals surface area contributed by atoms with Crippen LogP contribution in [-0.4, -0.2) is 14.7 Å². The maximum atomic E-state index is 9.31. The lowest BCUT2D eigenvalue weighted by Gasteiger charge is -2.01. The number of nitrogens with zero attached hydrogens (tertiary/aromatic N) is 2. The zero-order valence-electron chi connectivity index (χ0n) is 7.73. The highest BCUT2D eigenvalue weighted by molar-refractivity contribution is 5.57. The fourth-order valence-corrected chi connectivity index (χ4v) is 1.43. The molecule has 0 amide bonds. The van der Waals surface area contributed by atoms with E-state index in [2.05, 4.69) is 18.9 Å². The Morgan fingerprint density at radius 3 is 2.92 bits per heavy atom. The van der Waals surface area contributed by atoms with E-state index >= 15 is 0 Å². The predicted molar refractivity (Wildman–Crippen MR) is 50.9 cm³/mol. The van der Waals surface area contributed by atoms with Gasteiger partial charge in [0.15, 0.2) is 0 Å². The Balaban J connectivity index is 2.71. The van der Waals surface area contributed by atoms with E-state index in [-0.39, 0.29) is 5.75 Å². The van der Waals surface area contributed by atoms with Crippen LogP contribution in [0.15, 0.2) is 24.5 Å². The third-order valence-corrected chi connectivity index (χ3v) is 2.16. The number of hydrogen-bond donors (Lipinski definition) is 1. The molecule has 0 radical (unpaired) electrons. The van der Waals surface area contributed by atoms with E-state index in [1.54, 1.807) is 22.8 Å². The Labute approximate surface area is 76.6 Å². The molecule has 0 fully saturated rings. The first kappa shape index (κ1) is 8.10. The van der Waals surface area contributed by atoms with Gasteiger partial charge in [-0.2, -0.15) is 5.10 Å². The van der Waals surface area contributed by atoms with Gasteiger partial charge in [-0.1, -0.05) is 13.8 Å². The Kier molecular flexibility index (Phi) is 1.72. The normalized spacial score (nSPS) is 11.3. The molecule has 0 saturated heterocycles. The quantitative estimate of drug-likeness (QED) is 0.723. The molecule has 2 aromatic rings. The average molecular weight is 176 g/mol. The van der Waals surface area contributed by atoms with Gasteiger partial charge in [0, 0.05) is 17.8 Å². The van der Waals surface area contributed by atoms with Crippen molar-refractivity contribution < 1.29 is 5.11 Å². The molecule has 0 aliphatic rings. The van der Waals surface area contributed by atoms with Crippen LogP contribution in [0.3, 0.4) is 0 Å². The molecule has 1 N–H and O–H groups in total. The largest absolute Gasteiger partial charge is 0.508 e. The summed E-state index contributed by atoms with van der Waals surface area (Å²) in [5.41, 5.74) is 2.14. The fourth-order valence-electron chi connectivity index (χ4n) is 1.43. The van der Waals surface area contributed by atoms with Gasteiger partial charge in [-0.05, 0) is 12.0 Å². The molecule has 0 atom stereocenters. The molecule has 0 aliphatic heterocycles. The van der Waals surface area contributed by atoms with Gasteiger partial charge < -0.3 is 5.11 Å². The molecular weight excluding hydrogens is 164 g/mol. The van der Waals surface area contributed by atoms with Gasteiger partial charge in [-0.15, -0.1) is 0 Å². The molecule has 0 bridgehead atoms. The SMILES string of the molecule is CC(C)c1cnn2ccc(O)cc12. The van der Waals surface area contributed by atoms with Crippen molar-refractivity contribution in [3.63, 3.8) is 0 Å². The summed E-state index contributed by atoms with van der Waals surface area (Å²) < 4.78 is 1.77. The summed E-state index contributed by atoms with van der Waals surface area (Å²) in [6, 6.07) is 3.37. The van der Waals surface area contributed by atoms with E-state index in [0.717, 1.165) is 11.1 Å². The molecule has 0 unspecified atom stereocenters. The fraction of sp³-hybridized carbons (Fsp3) is 0.300. The topological polar surface area (TPSA) is 37.5 Å². The number of pyridine rings is 1. The predicted octanol–water partition coefficient (Wildman–Crippen LogP) is 2.16. The van der Waals surface area contributed by atoms with Crippen molar-refractivity contribution in [1.82, 2.24) is 9.61 Å². The first-order chi connectivity index (χ1) is 6.18. The molecule has 13 heavy (non-hydrogen) atoms. The first-order valence-corrected chi connectivity index (χ1v) is 4.35. The molecule has 2 rings (SSSR count). The summed E-state index contributed by atoms with van der Waals surface area (Å²) in [6.07, 6.45) is 3.61. The van der Waals surface area contributed by atoms with Crippen LogP contribution in [0.4, 0.5) is 0 Å². The molecule has 0 spiro atoms. The molecule has 2 aromatic heterocycles. The zero-order valence-corrected chi connectivity index (χ0v) is 7.73. The van der Waals surface area contributed by atoms with E-state index in [0.29, 0.717) is 5.92 Å². The van der Waals surface area contributed by atoms with Crippen molar-refractivity contribution in [1.29, 1.82) is 0 Å². The summed E-state index contributed by atoms with van der Waals surface area (Å²) in [4.78, 5) is 0. The van der Waals surface area contributed by atoms with Crippen LogP contribution in [0.25, 0.3) is 5.52 Å². The van der Waals surface area contributed by atoms with Crippen LogP contribution in [0.5, 0.6) is 5.75 Å². The second-order valence-corrected chi connectivity index (χ2v) is 3.47. The van der Waals surface area contributed by atoms with E-state index in [4.69, 9.17) is 0 Å². The Hall–Kier alpha value is -1.51. The van der Waals surface area contributed by atoms with Gasteiger partial charge in [0.25, 0.3) is 0 Å². The number of aromatic hydroxyl groups is 1. The van der Waals surface area contributed by atoms with Crippen molar-refractivity contribution in [2.24, 2.45) is 0 Å². The van der Waals surface area contributed by atoms with Crippen LogP contribution >= 0.6 is 0 Å². The molecule has 3 heteroatoms. The highest BCUT2D eigenvalue weighted by atomic mass is 16.3. The summed E-state index contributed by atoms with van der Waals surface area (Å²) >= 11 is 0. The smallest absolute Gasteiger partial charge is 0.119 e. The second kappa shape index (κ2) is 2.76. The van der Waals surface area contributed by atoms with E-state index in [1.165, 1.54) is 0 Å². The minimum atomic E-state index is 0.287. The van der Waals surface area contributed by atoms with E-state index in [9.17, 15) is 5.11 Å². The van der Waals surface area contributed by atoms with Gasteiger partial charge in [-0.3, -0.25) is 0 Å². The van der Waals surface area contributed by atoms with Gasteiger partial charge in [0.2, 0.25) is 0 Å². The third-order valence-electron chi connectivity index (χ3n) is 2.16. The monoisotopic (exact) mass is 176 g/mol. The first-order valence-electron chi connectivity index (χ1n) is 4.35. The number of rotatable bonds is 1. The number of fused-ring (bicyclic) bond motifs is 1. The average Bonchev–Trinajstić information content (AvgIpc) is 2.46. The summed E-state index contributed by atoms with van der Waals surface area (Å²) in [7, 11) is 0. The summed E-state index contributed by atoms with van der Waals surface area (Å²) in [5.74, 6) is 0.717. The lowest BCUT2D eigenvalue weighted by atomic mass is 10.1. The van der Waals surface area contributed by atoms with Gasteiger partial charge >= 0.3 is 0 Å². The van der Waals surface area contributed by atoms with Gasteiger partial charge in [0.05, 0.1) is 11.7 Å².